The lowest BCUT2D eigenvalue weighted by atomic mass is 9.74. The minimum Gasteiger partial charge on any atom is -0.317 e. The average molecular weight is 284 g/mol. The van der Waals surface area contributed by atoms with Crippen LogP contribution in [0.4, 0.5) is 4.39 Å². The maximum absolute atomic E-state index is 13.5. The maximum Gasteiger partial charge on any atom is 0.142 e. The van der Waals surface area contributed by atoms with Gasteiger partial charge in [0.25, 0.3) is 0 Å². The monoisotopic (exact) mass is 283 g/mol. The standard InChI is InChI=1S/C16H23ClFN/c1-3-11-5-7-16(19-2)13(8-11)9-12-4-6-14(17)15(18)10-12/h4,6,10-11,13,16,19H,3,5,7-9H2,1-2H3. The Balaban J connectivity index is 2.07. The molecule has 0 aromatic heterocycles. The lowest BCUT2D eigenvalue weighted by Gasteiger charge is -2.36. The van der Waals surface area contributed by atoms with Gasteiger partial charge in [-0.25, -0.2) is 4.39 Å². The lowest BCUT2D eigenvalue weighted by Crippen LogP contribution is -2.39. The molecule has 0 aliphatic heterocycles. The SMILES string of the molecule is CCC1CCC(NC)C(Cc2ccc(Cl)c(F)c2)C1. The van der Waals surface area contributed by atoms with Crippen LogP contribution in [0.15, 0.2) is 18.2 Å². The van der Waals surface area contributed by atoms with Gasteiger partial charge in [0.2, 0.25) is 0 Å². The maximum atomic E-state index is 13.5. The van der Waals surface area contributed by atoms with Crippen molar-refractivity contribution in [2.24, 2.45) is 11.8 Å². The van der Waals surface area contributed by atoms with Crippen LogP contribution in [0.3, 0.4) is 0 Å². The highest BCUT2D eigenvalue weighted by Gasteiger charge is 2.28. The first-order valence-electron chi connectivity index (χ1n) is 7.25. The van der Waals surface area contributed by atoms with E-state index in [9.17, 15) is 4.39 Å². The number of benzene rings is 1. The minimum absolute atomic E-state index is 0.212. The molecule has 1 N–H and O–H groups in total. The summed E-state index contributed by atoms with van der Waals surface area (Å²) in [5.74, 6) is 1.12. The van der Waals surface area contributed by atoms with Crippen LogP contribution in [0.5, 0.6) is 0 Å². The van der Waals surface area contributed by atoms with Gasteiger partial charge in [-0.2, -0.15) is 0 Å². The number of hydrogen-bond donors (Lipinski definition) is 1. The van der Waals surface area contributed by atoms with E-state index in [-0.39, 0.29) is 10.8 Å². The van der Waals surface area contributed by atoms with Crippen LogP contribution in [0.2, 0.25) is 5.02 Å². The third-order valence-electron chi connectivity index (χ3n) is 4.52. The normalized spacial score (nSPS) is 27.5. The summed E-state index contributed by atoms with van der Waals surface area (Å²) in [6.45, 7) is 2.27. The first kappa shape index (κ1) is 14.8. The molecule has 1 saturated carbocycles. The predicted molar refractivity (Wildman–Crippen MR) is 79.1 cm³/mol. The van der Waals surface area contributed by atoms with E-state index < -0.39 is 0 Å². The lowest BCUT2D eigenvalue weighted by molar-refractivity contribution is 0.205. The number of nitrogens with one attached hydrogen (secondary N) is 1. The minimum atomic E-state index is -0.303. The van der Waals surface area contributed by atoms with Gasteiger partial charge in [0.1, 0.15) is 5.82 Å². The van der Waals surface area contributed by atoms with Gasteiger partial charge in [0.05, 0.1) is 5.02 Å². The van der Waals surface area contributed by atoms with Crippen molar-refractivity contribution in [3.05, 3.63) is 34.6 Å². The topological polar surface area (TPSA) is 12.0 Å². The Kier molecular flexibility index (Phi) is 5.23. The van der Waals surface area contributed by atoms with Crippen LogP contribution in [-0.4, -0.2) is 13.1 Å². The number of rotatable bonds is 4. The summed E-state index contributed by atoms with van der Waals surface area (Å²) in [7, 11) is 2.03. The van der Waals surface area contributed by atoms with Crippen LogP contribution in [-0.2, 0) is 6.42 Å². The Morgan fingerprint density at radius 2 is 2.16 bits per heavy atom. The van der Waals surface area contributed by atoms with Crippen molar-refractivity contribution < 1.29 is 4.39 Å². The Hall–Kier alpha value is -0.600. The molecule has 0 radical (unpaired) electrons. The molecule has 1 aromatic rings. The third-order valence-corrected chi connectivity index (χ3v) is 4.83. The van der Waals surface area contributed by atoms with Crippen molar-refractivity contribution in [1.29, 1.82) is 0 Å². The van der Waals surface area contributed by atoms with Crippen LogP contribution >= 0.6 is 11.6 Å². The zero-order valence-corrected chi connectivity index (χ0v) is 12.5. The molecule has 3 heteroatoms. The van der Waals surface area contributed by atoms with Gasteiger partial charge in [-0.3, -0.25) is 0 Å². The summed E-state index contributed by atoms with van der Waals surface area (Å²) in [6, 6.07) is 5.76. The molecular formula is C16H23ClFN. The van der Waals surface area contributed by atoms with Gasteiger partial charge in [-0.15, -0.1) is 0 Å². The molecule has 19 heavy (non-hydrogen) atoms. The highest BCUT2D eigenvalue weighted by molar-refractivity contribution is 6.30. The highest BCUT2D eigenvalue weighted by Crippen LogP contribution is 2.33. The second-order valence-electron chi connectivity index (χ2n) is 5.70. The predicted octanol–water partition coefficient (Wildman–Crippen LogP) is 4.44. The zero-order valence-electron chi connectivity index (χ0n) is 11.8. The van der Waals surface area contributed by atoms with Gasteiger partial charge in [0, 0.05) is 6.04 Å². The molecule has 3 unspecified atom stereocenters. The third kappa shape index (κ3) is 3.70. The van der Waals surface area contributed by atoms with Crippen LogP contribution in [0.1, 0.15) is 38.2 Å². The van der Waals surface area contributed by atoms with Gasteiger partial charge in [-0.1, -0.05) is 31.0 Å². The number of halogens is 2. The second kappa shape index (κ2) is 6.71. The second-order valence-corrected chi connectivity index (χ2v) is 6.10. The molecule has 1 nitrogen and oxygen atoms in total. The first-order valence-corrected chi connectivity index (χ1v) is 7.63. The van der Waals surface area contributed by atoms with Crippen molar-refractivity contribution in [3.63, 3.8) is 0 Å². The van der Waals surface area contributed by atoms with E-state index in [0.29, 0.717) is 12.0 Å². The van der Waals surface area contributed by atoms with Crippen molar-refractivity contribution in [1.82, 2.24) is 5.32 Å². The largest absolute Gasteiger partial charge is 0.317 e. The van der Waals surface area contributed by atoms with E-state index in [4.69, 9.17) is 11.6 Å². The summed E-state index contributed by atoms with van der Waals surface area (Å²) in [5.41, 5.74) is 1.06. The quantitative estimate of drug-likeness (QED) is 0.862. The zero-order chi connectivity index (χ0) is 13.8. The molecule has 0 bridgehead atoms. The summed E-state index contributed by atoms with van der Waals surface area (Å²) >= 11 is 5.74. The average Bonchev–Trinajstić information content (AvgIpc) is 2.43. The summed E-state index contributed by atoms with van der Waals surface area (Å²) in [6.07, 6.45) is 5.98. The van der Waals surface area contributed by atoms with Crippen molar-refractivity contribution >= 4 is 11.6 Å². The van der Waals surface area contributed by atoms with Crippen LogP contribution < -0.4 is 5.32 Å². The molecule has 0 spiro atoms. The molecule has 1 aliphatic carbocycles. The molecule has 2 rings (SSSR count). The molecule has 0 heterocycles. The molecule has 0 saturated heterocycles. The Morgan fingerprint density at radius 1 is 1.37 bits per heavy atom. The van der Waals surface area contributed by atoms with Crippen LogP contribution in [0, 0.1) is 17.7 Å². The molecule has 1 aromatic carbocycles. The molecule has 106 valence electrons. The fourth-order valence-corrected chi connectivity index (χ4v) is 3.42. The smallest absolute Gasteiger partial charge is 0.142 e. The van der Waals surface area contributed by atoms with Gasteiger partial charge >= 0.3 is 0 Å². The van der Waals surface area contributed by atoms with Crippen molar-refractivity contribution in [2.75, 3.05) is 7.05 Å². The Labute approximate surface area is 120 Å². The van der Waals surface area contributed by atoms with E-state index >= 15 is 0 Å². The van der Waals surface area contributed by atoms with E-state index in [0.717, 1.165) is 17.9 Å². The van der Waals surface area contributed by atoms with E-state index in [1.807, 2.05) is 13.1 Å². The summed E-state index contributed by atoms with van der Waals surface area (Å²) in [4.78, 5) is 0. The Bertz CT molecular complexity index is 421. The molecule has 0 amide bonds. The highest BCUT2D eigenvalue weighted by atomic mass is 35.5. The van der Waals surface area contributed by atoms with E-state index in [1.165, 1.54) is 25.7 Å². The molecule has 1 aliphatic rings. The number of hydrogen-bond acceptors (Lipinski definition) is 1. The first-order chi connectivity index (χ1) is 9.13. The van der Waals surface area contributed by atoms with Crippen LogP contribution in [0.25, 0.3) is 0 Å². The van der Waals surface area contributed by atoms with Gasteiger partial charge in [-0.05, 0) is 62.3 Å². The fourth-order valence-electron chi connectivity index (χ4n) is 3.31. The molecule has 3 atom stereocenters. The summed E-state index contributed by atoms with van der Waals surface area (Å²) in [5, 5.41) is 3.64. The van der Waals surface area contributed by atoms with Gasteiger partial charge in [0.15, 0.2) is 0 Å². The van der Waals surface area contributed by atoms with Crippen molar-refractivity contribution in [3.8, 4) is 0 Å². The molecular weight excluding hydrogens is 261 g/mol. The van der Waals surface area contributed by atoms with E-state index in [1.54, 1.807) is 12.1 Å². The Morgan fingerprint density at radius 3 is 2.79 bits per heavy atom. The van der Waals surface area contributed by atoms with Crippen molar-refractivity contribution in [2.45, 2.75) is 45.1 Å². The fraction of sp³-hybridized carbons (Fsp3) is 0.625. The molecule has 1 fully saturated rings. The van der Waals surface area contributed by atoms with Gasteiger partial charge < -0.3 is 5.32 Å². The summed E-state index contributed by atoms with van der Waals surface area (Å²) < 4.78 is 13.5. The van der Waals surface area contributed by atoms with E-state index in [2.05, 4.69) is 12.2 Å².